The van der Waals surface area contributed by atoms with E-state index in [0.29, 0.717) is 17.9 Å². The molecule has 1 saturated carbocycles. The summed E-state index contributed by atoms with van der Waals surface area (Å²) in [5, 5.41) is 5.85. The van der Waals surface area contributed by atoms with Crippen LogP contribution in [-0.2, 0) is 13.0 Å². The zero-order valence-corrected chi connectivity index (χ0v) is 15.8. The van der Waals surface area contributed by atoms with E-state index < -0.39 is 0 Å². The van der Waals surface area contributed by atoms with E-state index >= 15 is 0 Å². The summed E-state index contributed by atoms with van der Waals surface area (Å²) in [5.41, 5.74) is 1.70. The zero-order valence-electron chi connectivity index (χ0n) is 15.8. The number of halogens is 1. The molecule has 2 aromatic rings. The Bertz CT molecular complexity index is 869. The van der Waals surface area contributed by atoms with E-state index in [-0.39, 0.29) is 29.5 Å². The second-order valence-electron chi connectivity index (χ2n) is 7.61. The molecule has 0 unspecified atom stereocenters. The number of fused-ring (bicyclic) bond motifs is 1. The Morgan fingerprint density at radius 2 is 1.75 bits per heavy atom. The van der Waals surface area contributed by atoms with Crippen LogP contribution in [0.4, 0.5) is 10.1 Å². The number of nitrogens with one attached hydrogen (secondary N) is 2. The standard InChI is InChI=1S/C21H25FN4O2/c22-14-9-11-16(12-10-14)24-21(28)19-25-18(17-8-4-5-13-26(17)19)20(27)23-15-6-2-1-3-7-15/h9-12,15H,1-8,13H2,(H,23,27)(H,24,28). The van der Waals surface area contributed by atoms with E-state index in [0.717, 1.165) is 50.6 Å². The maximum atomic E-state index is 13.1. The number of carbonyl (C=O) groups excluding carboxylic acids is 2. The molecule has 1 fully saturated rings. The first-order valence-corrected chi connectivity index (χ1v) is 10.1. The molecule has 148 valence electrons. The van der Waals surface area contributed by atoms with Gasteiger partial charge in [-0.3, -0.25) is 9.59 Å². The summed E-state index contributed by atoms with van der Waals surface area (Å²) in [5.74, 6) is -0.685. The molecular formula is C21H25FN4O2. The minimum Gasteiger partial charge on any atom is -0.348 e. The van der Waals surface area contributed by atoms with Crippen LogP contribution >= 0.6 is 0 Å². The van der Waals surface area contributed by atoms with Gasteiger partial charge in [0.05, 0.1) is 5.69 Å². The van der Waals surface area contributed by atoms with Gasteiger partial charge in [-0.15, -0.1) is 0 Å². The second kappa shape index (κ2) is 8.12. The Hall–Kier alpha value is -2.70. The predicted molar refractivity (Wildman–Crippen MR) is 104 cm³/mol. The third-order valence-corrected chi connectivity index (χ3v) is 5.58. The molecule has 1 aliphatic heterocycles. The molecule has 4 rings (SSSR count). The lowest BCUT2D eigenvalue weighted by Gasteiger charge is -2.23. The van der Waals surface area contributed by atoms with Crippen molar-refractivity contribution in [1.29, 1.82) is 0 Å². The monoisotopic (exact) mass is 384 g/mol. The Morgan fingerprint density at radius 3 is 2.50 bits per heavy atom. The van der Waals surface area contributed by atoms with E-state index in [1.54, 1.807) is 0 Å². The van der Waals surface area contributed by atoms with Crippen LogP contribution in [0.25, 0.3) is 0 Å². The average Bonchev–Trinajstić information content (AvgIpc) is 3.10. The highest BCUT2D eigenvalue weighted by Gasteiger charge is 2.28. The second-order valence-corrected chi connectivity index (χ2v) is 7.61. The smallest absolute Gasteiger partial charge is 0.291 e. The lowest BCUT2D eigenvalue weighted by atomic mass is 9.95. The maximum Gasteiger partial charge on any atom is 0.291 e. The van der Waals surface area contributed by atoms with E-state index in [1.165, 1.54) is 30.7 Å². The van der Waals surface area contributed by atoms with Crippen LogP contribution in [-0.4, -0.2) is 27.4 Å². The highest BCUT2D eigenvalue weighted by Crippen LogP contribution is 2.23. The lowest BCUT2D eigenvalue weighted by Crippen LogP contribution is -2.37. The molecule has 1 aliphatic carbocycles. The molecule has 2 N–H and O–H groups in total. The maximum absolute atomic E-state index is 13.1. The third kappa shape index (κ3) is 3.93. The molecule has 1 aromatic carbocycles. The molecular weight excluding hydrogens is 359 g/mol. The summed E-state index contributed by atoms with van der Waals surface area (Å²) in [6.45, 7) is 0.672. The van der Waals surface area contributed by atoms with Gasteiger partial charge in [-0.25, -0.2) is 9.37 Å². The van der Waals surface area contributed by atoms with Crippen molar-refractivity contribution in [3.63, 3.8) is 0 Å². The van der Waals surface area contributed by atoms with Crippen LogP contribution in [0.3, 0.4) is 0 Å². The number of benzene rings is 1. The third-order valence-electron chi connectivity index (χ3n) is 5.58. The number of amides is 2. The Kier molecular flexibility index (Phi) is 5.41. The number of imidazole rings is 1. The summed E-state index contributed by atoms with van der Waals surface area (Å²) in [6.07, 6.45) is 8.16. The van der Waals surface area contributed by atoms with Crippen molar-refractivity contribution in [1.82, 2.24) is 14.9 Å². The van der Waals surface area contributed by atoms with Gasteiger partial charge in [0.1, 0.15) is 11.5 Å². The SMILES string of the molecule is O=C(NC1CCCCC1)c1nc(C(=O)Nc2ccc(F)cc2)n2c1CCCC2. The van der Waals surface area contributed by atoms with Crippen molar-refractivity contribution in [3.05, 3.63) is 47.3 Å². The Balaban J connectivity index is 1.56. The van der Waals surface area contributed by atoms with Gasteiger partial charge in [-0.05, 0) is 56.4 Å². The normalized spacial score (nSPS) is 17.0. The van der Waals surface area contributed by atoms with E-state index in [1.807, 2.05) is 4.57 Å². The van der Waals surface area contributed by atoms with Crippen LogP contribution < -0.4 is 10.6 Å². The van der Waals surface area contributed by atoms with Gasteiger partial charge in [-0.2, -0.15) is 0 Å². The number of aromatic nitrogens is 2. The van der Waals surface area contributed by atoms with Crippen molar-refractivity contribution in [3.8, 4) is 0 Å². The summed E-state index contributed by atoms with van der Waals surface area (Å²) >= 11 is 0. The Morgan fingerprint density at radius 1 is 1.00 bits per heavy atom. The minimum atomic E-state index is -0.383. The number of anilines is 1. The van der Waals surface area contributed by atoms with Crippen molar-refractivity contribution in [2.24, 2.45) is 0 Å². The fourth-order valence-corrected chi connectivity index (χ4v) is 4.12. The van der Waals surface area contributed by atoms with Crippen molar-refractivity contribution < 1.29 is 14.0 Å². The van der Waals surface area contributed by atoms with Crippen LogP contribution in [0.2, 0.25) is 0 Å². The summed E-state index contributed by atoms with van der Waals surface area (Å²) < 4.78 is 14.9. The fourth-order valence-electron chi connectivity index (χ4n) is 4.12. The van der Waals surface area contributed by atoms with E-state index in [4.69, 9.17) is 0 Å². The molecule has 2 amide bonds. The summed E-state index contributed by atoms with van der Waals surface area (Å²) in [4.78, 5) is 30.1. The van der Waals surface area contributed by atoms with Crippen molar-refractivity contribution >= 4 is 17.5 Å². The summed E-state index contributed by atoms with van der Waals surface area (Å²) in [7, 11) is 0. The van der Waals surface area contributed by atoms with Crippen LogP contribution in [0.1, 0.15) is 71.7 Å². The van der Waals surface area contributed by atoms with Gasteiger partial charge < -0.3 is 15.2 Å². The molecule has 0 atom stereocenters. The average molecular weight is 384 g/mol. The molecule has 0 radical (unpaired) electrons. The number of hydrogen-bond donors (Lipinski definition) is 2. The zero-order chi connectivity index (χ0) is 19.5. The van der Waals surface area contributed by atoms with E-state index in [2.05, 4.69) is 15.6 Å². The Labute approximate surface area is 163 Å². The van der Waals surface area contributed by atoms with Crippen LogP contribution in [0.15, 0.2) is 24.3 Å². The van der Waals surface area contributed by atoms with Gasteiger partial charge in [0, 0.05) is 18.3 Å². The first-order chi connectivity index (χ1) is 13.6. The van der Waals surface area contributed by atoms with Gasteiger partial charge in [0.25, 0.3) is 11.8 Å². The number of rotatable bonds is 4. The van der Waals surface area contributed by atoms with Crippen molar-refractivity contribution in [2.45, 2.75) is 64.0 Å². The first kappa shape index (κ1) is 18.7. The first-order valence-electron chi connectivity index (χ1n) is 10.1. The van der Waals surface area contributed by atoms with Gasteiger partial charge >= 0.3 is 0 Å². The molecule has 28 heavy (non-hydrogen) atoms. The lowest BCUT2D eigenvalue weighted by molar-refractivity contribution is 0.0921. The van der Waals surface area contributed by atoms with Gasteiger partial charge in [0.15, 0.2) is 5.82 Å². The molecule has 0 saturated heterocycles. The predicted octanol–water partition coefficient (Wildman–Crippen LogP) is 3.67. The molecule has 2 aliphatic rings. The molecule has 1 aromatic heterocycles. The molecule has 2 heterocycles. The van der Waals surface area contributed by atoms with Crippen molar-refractivity contribution in [2.75, 3.05) is 5.32 Å². The largest absolute Gasteiger partial charge is 0.348 e. The highest BCUT2D eigenvalue weighted by atomic mass is 19.1. The molecule has 0 bridgehead atoms. The number of carbonyl (C=O) groups is 2. The van der Waals surface area contributed by atoms with E-state index in [9.17, 15) is 14.0 Å². The number of nitrogens with zero attached hydrogens (tertiary/aromatic N) is 2. The van der Waals surface area contributed by atoms with Crippen LogP contribution in [0.5, 0.6) is 0 Å². The van der Waals surface area contributed by atoms with Gasteiger partial charge in [0.2, 0.25) is 0 Å². The molecule has 6 nitrogen and oxygen atoms in total. The number of hydrogen-bond acceptors (Lipinski definition) is 3. The molecule has 7 heteroatoms. The van der Waals surface area contributed by atoms with Gasteiger partial charge in [-0.1, -0.05) is 19.3 Å². The summed E-state index contributed by atoms with van der Waals surface area (Å²) in [6, 6.07) is 5.78. The fraction of sp³-hybridized carbons (Fsp3) is 0.476. The minimum absolute atomic E-state index is 0.182. The topological polar surface area (TPSA) is 76.0 Å². The quantitative estimate of drug-likeness (QED) is 0.844. The molecule has 0 spiro atoms. The highest BCUT2D eigenvalue weighted by molar-refractivity contribution is 6.03. The van der Waals surface area contributed by atoms with Crippen LogP contribution in [0, 0.1) is 5.82 Å².